The highest BCUT2D eigenvalue weighted by molar-refractivity contribution is 6.26. The SMILES string of the molecule is CC1(C)CC(=O)C(=C(O)c2ccc([N+](=O)[O-])cc2)C(=O)C1. The van der Waals surface area contributed by atoms with Crippen LogP contribution in [0, 0.1) is 15.5 Å². The van der Waals surface area contributed by atoms with Crippen LogP contribution in [-0.2, 0) is 9.59 Å². The zero-order valence-corrected chi connectivity index (χ0v) is 11.8. The second-order valence-electron chi connectivity index (χ2n) is 5.89. The molecule has 0 aliphatic heterocycles. The molecular weight excluding hydrogens is 274 g/mol. The summed E-state index contributed by atoms with van der Waals surface area (Å²) in [7, 11) is 0. The van der Waals surface area contributed by atoms with Gasteiger partial charge in [-0.1, -0.05) is 13.8 Å². The van der Waals surface area contributed by atoms with E-state index in [4.69, 9.17) is 0 Å². The maximum atomic E-state index is 12.1. The largest absolute Gasteiger partial charge is 0.506 e. The summed E-state index contributed by atoms with van der Waals surface area (Å²) in [6, 6.07) is 5.07. The average Bonchev–Trinajstić information content (AvgIpc) is 2.36. The Balaban J connectivity index is 2.41. The zero-order valence-electron chi connectivity index (χ0n) is 11.8. The highest BCUT2D eigenvalue weighted by atomic mass is 16.6. The number of Topliss-reactive ketones (excluding diaryl/α,β-unsaturated/α-hetero) is 2. The summed E-state index contributed by atoms with van der Waals surface area (Å²) in [6.45, 7) is 3.64. The van der Waals surface area contributed by atoms with Gasteiger partial charge in [-0.3, -0.25) is 19.7 Å². The molecule has 1 saturated carbocycles. The van der Waals surface area contributed by atoms with Crippen molar-refractivity contribution in [2.45, 2.75) is 26.7 Å². The molecule has 0 spiro atoms. The second-order valence-corrected chi connectivity index (χ2v) is 5.89. The van der Waals surface area contributed by atoms with Crippen molar-refractivity contribution < 1.29 is 19.6 Å². The predicted molar refractivity (Wildman–Crippen MR) is 75.7 cm³/mol. The summed E-state index contributed by atoms with van der Waals surface area (Å²) in [5.74, 6) is -1.20. The van der Waals surface area contributed by atoms with Gasteiger partial charge in [0, 0.05) is 30.5 Å². The number of ketones is 2. The Bertz CT molecular complexity index is 633. The van der Waals surface area contributed by atoms with Gasteiger partial charge < -0.3 is 5.11 Å². The molecule has 0 heterocycles. The molecule has 0 aromatic heterocycles. The van der Waals surface area contributed by atoms with Crippen molar-refractivity contribution in [3.63, 3.8) is 0 Å². The molecule has 6 heteroatoms. The van der Waals surface area contributed by atoms with Crippen LogP contribution in [0.4, 0.5) is 5.69 Å². The normalized spacial score (nSPS) is 17.7. The molecular formula is C15H15NO5. The maximum absolute atomic E-state index is 12.1. The first kappa shape index (κ1) is 14.9. The number of hydrogen-bond donors (Lipinski definition) is 1. The molecule has 21 heavy (non-hydrogen) atoms. The Hall–Kier alpha value is -2.50. The number of aliphatic hydroxyl groups excluding tert-OH is 1. The minimum atomic E-state index is -0.562. The molecule has 1 aromatic carbocycles. The Kier molecular flexibility index (Phi) is 3.63. The number of benzene rings is 1. The molecule has 0 bridgehead atoms. The number of nitro benzene ring substituents is 1. The summed E-state index contributed by atoms with van der Waals surface area (Å²) in [5, 5.41) is 20.7. The first-order valence-corrected chi connectivity index (χ1v) is 6.46. The quantitative estimate of drug-likeness (QED) is 0.297. The van der Waals surface area contributed by atoms with Crippen molar-refractivity contribution in [1.82, 2.24) is 0 Å². The third kappa shape index (κ3) is 2.99. The van der Waals surface area contributed by atoms with Crippen LogP contribution in [0.25, 0.3) is 5.76 Å². The average molecular weight is 289 g/mol. The van der Waals surface area contributed by atoms with Crippen LogP contribution in [-0.4, -0.2) is 21.6 Å². The van der Waals surface area contributed by atoms with Crippen LogP contribution >= 0.6 is 0 Å². The summed E-state index contributed by atoms with van der Waals surface area (Å²) < 4.78 is 0. The van der Waals surface area contributed by atoms with Gasteiger partial charge >= 0.3 is 0 Å². The first-order valence-electron chi connectivity index (χ1n) is 6.46. The topological polar surface area (TPSA) is 97.5 Å². The fraction of sp³-hybridized carbons (Fsp3) is 0.333. The maximum Gasteiger partial charge on any atom is 0.269 e. The van der Waals surface area contributed by atoms with E-state index in [1.54, 1.807) is 0 Å². The molecule has 2 rings (SSSR count). The van der Waals surface area contributed by atoms with E-state index in [0.717, 1.165) is 0 Å². The van der Waals surface area contributed by atoms with Gasteiger partial charge in [0.2, 0.25) is 0 Å². The van der Waals surface area contributed by atoms with E-state index in [1.807, 2.05) is 13.8 Å². The highest BCUT2D eigenvalue weighted by Crippen LogP contribution is 2.36. The Morgan fingerprint density at radius 2 is 1.62 bits per heavy atom. The van der Waals surface area contributed by atoms with E-state index in [9.17, 15) is 24.8 Å². The van der Waals surface area contributed by atoms with Crippen molar-refractivity contribution in [2.75, 3.05) is 0 Å². The number of hydrogen-bond acceptors (Lipinski definition) is 5. The molecule has 1 aliphatic rings. The van der Waals surface area contributed by atoms with Crippen molar-refractivity contribution in [2.24, 2.45) is 5.41 Å². The standard InChI is InChI=1S/C15H15NO5/c1-15(2)7-11(17)13(12(18)8-15)14(19)9-3-5-10(6-4-9)16(20)21/h3-6,19H,7-8H2,1-2H3. The number of aliphatic hydroxyl groups is 1. The van der Waals surface area contributed by atoms with Crippen LogP contribution in [0.2, 0.25) is 0 Å². The molecule has 110 valence electrons. The minimum absolute atomic E-state index is 0.126. The molecule has 1 N–H and O–H groups in total. The van der Waals surface area contributed by atoms with E-state index in [1.165, 1.54) is 24.3 Å². The van der Waals surface area contributed by atoms with Crippen LogP contribution in [0.3, 0.4) is 0 Å². The van der Waals surface area contributed by atoms with Gasteiger partial charge in [-0.2, -0.15) is 0 Å². The van der Waals surface area contributed by atoms with E-state index in [-0.39, 0.29) is 29.7 Å². The van der Waals surface area contributed by atoms with Gasteiger partial charge in [-0.15, -0.1) is 0 Å². The van der Waals surface area contributed by atoms with E-state index < -0.39 is 27.7 Å². The van der Waals surface area contributed by atoms with Gasteiger partial charge in [0.25, 0.3) is 5.69 Å². The second kappa shape index (κ2) is 5.12. The molecule has 0 saturated heterocycles. The van der Waals surface area contributed by atoms with Gasteiger partial charge in [-0.25, -0.2) is 0 Å². The smallest absolute Gasteiger partial charge is 0.269 e. The highest BCUT2D eigenvalue weighted by Gasteiger charge is 2.37. The zero-order chi connectivity index (χ0) is 15.8. The summed E-state index contributed by atoms with van der Waals surface area (Å²) in [5.41, 5.74) is -0.521. The third-order valence-electron chi connectivity index (χ3n) is 3.42. The monoisotopic (exact) mass is 289 g/mol. The van der Waals surface area contributed by atoms with Crippen molar-refractivity contribution in [3.8, 4) is 0 Å². The number of nitro groups is 1. The van der Waals surface area contributed by atoms with Crippen molar-refractivity contribution in [1.29, 1.82) is 0 Å². The van der Waals surface area contributed by atoms with Crippen LogP contribution in [0.1, 0.15) is 32.3 Å². The van der Waals surface area contributed by atoms with Crippen LogP contribution in [0.5, 0.6) is 0 Å². The Labute approximate surface area is 121 Å². The Morgan fingerprint density at radius 3 is 2.05 bits per heavy atom. The van der Waals surface area contributed by atoms with Crippen molar-refractivity contribution >= 4 is 23.0 Å². The van der Waals surface area contributed by atoms with Crippen molar-refractivity contribution in [3.05, 3.63) is 45.5 Å². The lowest BCUT2D eigenvalue weighted by Gasteiger charge is -2.28. The number of nitrogens with zero attached hydrogens (tertiary/aromatic N) is 1. The molecule has 0 unspecified atom stereocenters. The summed E-state index contributed by atoms with van der Waals surface area (Å²) in [6.07, 6.45) is 0.371. The number of carbonyl (C=O) groups is 2. The van der Waals surface area contributed by atoms with Crippen LogP contribution < -0.4 is 0 Å². The number of allylic oxidation sites excluding steroid dienone is 1. The Morgan fingerprint density at radius 1 is 1.14 bits per heavy atom. The predicted octanol–water partition coefficient (Wildman–Crippen LogP) is 2.82. The molecule has 0 amide bonds. The lowest BCUT2D eigenvalue weighted by molar-refractivity contribution is -0.384. The number of rotatable bonds is 2. The minimum Gasteiger partial charge on any atom is -0.506 e. The first-order chi connectivity index (χ1) is 9.71. The fourth-order valence-corrected chi connectivity index (χ4v) is 2.41. The number of non-ortho nitro benzene ring substituents is 1. The molecule has 1 aromatic rings. The van der Waals surface area contributed by atoms with Gasteiger partial charge in [0.15, 0.2) is 11.6 Å². The lowest BCUT2D eigenvalue weighted by atomic mass is 9.73. The van der Waals surface area contributed by atoms with E-state index >= 15 is 0 Å². The van der Waals surface area contributed by atoms with Crippen LogP contribution in [0.15, 0.2) is 29.8 Å². The molecule has 0 atom stereocenters. The fourth-order valence-electron chi connectivity index (χ4n) is 2.41. The third-order valence-corrected chi connectivity index (χ3v) is 3.42. The summed E-state index contributed by atoms with van der Waals surface area (Å²) >= 11 is 0. The molecule has 1 fully saturated rings. The van der Waals surface area contributed by atoms with Gasteiger partial charge in [-0.05, 0) is 17.5 Å². The van der Waals surface area contributed by atoms with E-state index in [0.29, 0.717) is 0 Å². The summed E-state index contributed by atoms with van der Waals surface area (Å²) in [4.78, 5) is 34.1. The van der Waals surface area contributed by atoms with E-state index in [2.05, 4.69) is 0 Å². The molecule has 0 radical (unpaired) electrons. The lowest BCUT2D eigenvalue weighted by Crippen LogP contribution is -2.32. The van der Waals surface area contributed by atoms with Gasteiger partial charge in [0.05, 0.1) is 4.92 Å². The molecule has 6 nitrogen and oxygen atoms in total. The van der Waals surface area contributed by atoms with Gasteiger partial charge in [0.1, 0.15) is 11.3 Å². The number of carbonyl (C=O) groups excluding carboxylic acids is 2. The molecule has 1 aliphatic carbocycles.